The van der Waals surface area contributed by atoms with Crippen molar-refractivity contribution in [1.82, 2.24) is 4.98 Å². The molecule has 0 amide bonds. The average Bonchev–Trinajstić information content (AvgIpc) is 2.96. The quantitative estimate of drug-likeness (QED) is 0.138. The molecule has 0 aliphatic heterocycles. The number of aromatic nitrogens is 1. The third-order valence-corrected chi connectivity index (χ3v) is 7.49. The number of carboxylic acids is 1. The predicted octanol–water partition coefficient (Wildman–Crippen LogP) is 10.0. The summed E-state index contributed by atoms with van der Waals surface area (Å²) in [5, 5.41) is 11.4. The Hall–Kier alpha value is -2.92. The molecule has 3 rings (SSSR count). The number of esters is 1. The standard InChI is InChI=1S/C24H38O4.C10H8ClN/c1-3-5-7-9-11-13-16-20-17-15-18-21(23(25)26)22(20)24(27)28-19-14-12-10-8-6-4-2;1-7-9(11)5-4-8-3-2-6-12-10(7)8/h15,17-18H,3-14,16,19H2,1-2H3,(H,25,26);2-6H,1H3. The summed E-state index contributed by atoms with van der Waals surface area (Å²) < 4.78 is 5.42. The Morgan fingerprint density at radius 2 is 1.48 bits per heavy atom. The lowest BCUT2D eigenvalue weighted by Gasteiger charge is -2.12. The summed E-state index contributed by atoms with van der Waals surface area (Å²) in [6.45, 7) is 6.72. The molecule has 1 aromatic heterocycles. The fourth-order valence-electron chi connectivity index (χ4n) is 4.71. The smallest absolute Gasteiger partial charge is 0.339 e. The molecular weight excluding hydrogens is 522 g/mol. The maximum atomic E-state index is 12.6. The summed E-state index contributed by atoms with van der Waals surface area (Å²) in [6.07, 6.45) is 16.2. The van der Waals surface area contributed by atoms with E-state index < -0.39 is 11.9 Å². The minimum absolute atomic E-state index is 0.0522. The Labute approximate surface area is 245 Å². The van der Waals surface area contributed by atoms with Crippen LogP contribution >= 0.6 is 11.6 Å². The number of nitrogens with zero attached hydrogens (tertiary/aromatic N) is 1. The predicted molar refractivity (Wildman–Crippen MR) is 166 cm³/mol. The van der Waals surface area contributed by atoms with Crippen LogP contribution in [0.25, 0.3) is 10.9 Å². The van der Waals surface area contributed by atoms with Gasteiger partial charge in [0, 0.05) is 16.6 Å². The van der Waals surface area contributed by atoms with Gasteiger partial charge in [0.2, 0.25) is 0 Å². The third-order valence-electron chi connectivity index (χ3n) is 7.08. The summed E-state index contributed by atoms with van der Waals surface area (Å²) in [4.78, 5) is 28.5. The van der Waals surface area contributed by atoms with Crippen LogP contribution < -0.4 is 0 Å². The SMILES string of the molecule is CCCCCCCCOC(=O)c1c(CCCCCCCC)cccc1C(=O)O.Cc1c(Cl)ccc2cccnc12. The molecule has 0 unspecified atom stereocenters. The second kappa shape index (κ2) is 19.2. The first-order valence-corrected chi connectivity index (χ1v) is 15.3. The number of benzene rings is 2. The molecule has 1 N–H and O–H groups in total. The van der Waals surface area contributed by atoms with Gasteiger partial charge in [-0.25, -0.2) is 9.59 Å². The topological polar surface area (TPSA) is 76.5 Å². The molecular formula is C34H46ClNO4. The minimum atomic E-state index is -1.07. The molecule has 0 bridgehead atoms. The molecule has 3 aromatic rings. The molecule has 0 fully saturated rings. The van der Waals surface area contributed by atoms with Gasteiger partial charge in [0.1, 0.15) is 0 Å². The van der Waals surface area contributed by atoms with Crippen LogP contribution in [0.3, 0.4) is 0 Å². The number of ether oxygens (including phenoxy) is 1. The molecule has 2 aromatic carbocycles. The highest BCUT2D eigenvalue weighted by Gasteiger charge is 2.21. The van der Waals surface area contributed by atoms with Crippen molar-refractivity contribution in [2.75, 3.05) is 6.61 Å². The van der Waals surface area contributed by atoms with Crippen LogP contribution in [-0.2, 0) is 11.2 Å². The maximum Gasteiger partial charge on any atom is 0.339 e. The number of halogens is 1. The lowest BCUT2D eigenvalue weighted by atomic mass is 9.96. The van der Waals surface area contributed by atoms with Gasteiger partial charge >= 0.3 is 11.9 Å². The molecule has 0 saturated carbocycles. The molecule has 218 valence electrons. The number of carbonyl (C=O) groups excluding carboxylic acids is 1. The Morgan fingerprint density at radius 3 is 2.15 bits per heavy atom. The molecule has 0 radical (unpaired) electrons. The molecule has 0 spiro atoms. The number of aromatic carboxylic acids is 1. The highest BCUT2D eigenvalue weighted by Crippen LogP contribution is 2.23. The summed E-state index contributed by atoms with van der Waals surface area (Å²) in [6, 6.07) is 12.9. The van der Waals surface area contributed by atoms with Gasteiger partial charge in [-0.15, -0.1) is 0 Å². The number of hydrogen-bond donors (Lipinski definition) is 1. The zero-order valence-corrected chi connectivity index (χ0v) is 25.3. The van der Waals surface area contributed by atoms with E-state index in [2.05, 4.69) is 18.8 Å². The zero-order chi connectivity index (χ0) is 29.2. The van der Waals surface area contributed by atoms with E-state index in [9.17, 15) is 14.7 Å². The van der Waals surface area contributed by atoms with Gasteiger partial charge in [0.25, 0.3) is 0 Å². The molecule has 0 atom stereocenters. The Morgan fingerprint density at radius 1 is 0.825 bits per heavy atom. The Bertz CT molecular complexity index is 1190. The second-order valence-electron chi connectivity index (χ2n) is 10.3. The fourth-order valence-corrected chi connectivity index (χ4v) is 4.86. The van der Waals surface area contributed by atoms with Gasteiger partial charge in [0.05, 0.1) is 23.3 Å². The van der Waals surface area contributed by atoms with E-state index in [0.717, 1.165) is 59.2 Å². The lowest BCUT2D eigenvalue weighted by molar-refractivity contribution is 0.0486. The van der Waals surface area contributed by atoms with Gasteiger partial charge in [-0.05, 0) is 55.5 Å². The van der Waals surface area contributed by atoms with E-state index in [0.29, 0.717) is 13.0 Å². The number of pyridine rings is 1. The van der Waals surface area contributed by atoms with E-state index in [-0.39, 0.29) is 11.1 Å². The van der Waals surface area contributed by atoms with Crippen LogP contribution in [0, 0.1) is 6.92 Å². The Balaban J connectivity index is 0.000000382. The van der Waals surface area contributed by atoms with Crippen molar-refractivity contribution in [3.8, 4) is 0 Å². The molecule has 6 heteroatoms. The van der Waals surface area contributed by atoms with E-state index >= 15 is 0 Å². The number of aryl methyl sites for hydroxylation is 2. The number of carbonyl (C=O) groups is 2. The minimum Gasteiger partial charge on any atom is -0.478 e. The van der Waals surface area contributed by atoms with Gasteiger partial charge in [-0.1, -0.05) is 114 Å². The largest absolute Gasteiger partial charge is 0.478 e. The van der Waals surface area contributed by atoms with Crippen molar-refractivity contribution in [2.24, 2.45) is 0 Å². The van der Waals surface area contributed by atoms with Crippen LogP contribution in [0.2, 0.25) is 5.02 Å². The van der Waals surface area contributed by atoms with Crippen LogP contribution in [-0.4, -0.2) is 28.6 Å². The fraction of sp³-hybridized carbons (Fsp3) is 0.500. The van der Waals surface area contributed by atoms with Crippen LogP contribution in [0.5, 0.6) is 0 Å². The second-order valence-corrected chi connectivity index (χ2v) is 10.7. The van der Waals surface area contributed by atoms with Gasteiger partial charge in [0.15, 0.2) is 0 Å². The summed E-state index contributed by atoms with van der Waals surface area (Å²) >= 11 is 5.95. The summed E-state index contributed by atoms with van der Waals surface area (Å²) in [7, 11) is 0. The number of unbranched alkanes of at least 4 members (excludes halogenated alkanes) is 10. The van der Waals surface area contributed by atoms with Crippen molar-refractivity contribution in [3.05, 3.63) is 75.9 Å². The van der Waals surface area contributed by atoms with E-state index in [1.807, 2.05) is 37.3 Å². The third kappa shape index (κ3) is 11.3. The highest BCUT2D eigenvalue weighted by atomic mass is 35.5. The van der Waals surface area contributed by atoms with E-state index in [1.165, 1.54) is 51.0 Å². The summed E-state index contributed by atoms with van der Waals surface area (Å²) in [5.74, 6) is -1.57. The number of rotatable bonds is 16. The zero-order valence-electron chi connectivity index (χ0n) is 24.5. The molecule has 0 aliphatic rings. The van der Waals surface area contributed by atoms with Crippen LogP contribution in [0.4, 0.5) is 0 Å². The van der Waals surface area contributed by atoms with Crippen molar-refractivity contribution in [3.63, 3.8) is 0 Å². The molecule has 5 nitrogen and oxygen atoms in total. The first-order chi connectivity index (χ1) is 19.4. The van der Waals surface area contributed by atoms with Gasteiger partial charge in [-0.2, -0.15) is 0 Å². The van der Waals surface area contributed by atoms with Crippen molar-refractivity contribution in [1.29, 1.82) is 0 Å². The lowest BCUT2D eigenvalue weighted by Crippen LogP contribution is -2.15. The van der Waals surface area contributed by atoms with Crippen molar-refractivity contribution < 1.29 is 19.4 Å². The molecule has 0 aliphatic carbocycles. The number of hydrogen-bond acceptors (Lipinski definition) is 4. The van der Waals surface area contributed by atoms with Crippen molar-refractivity contribution >= 4 is 34.4 Å². The summed E-state index contributed by atoms with van der Waals surface area (Å²) in [5.41, 5.74) is 3.13. The monoisotopic (exact) mass is 567 g/mol. The van der Waals surface area contributed by atoms with Crippen LogP contribution in [0.1, 0.15) is 123 Å². The van der Waals surface area contributed by atoms with Crippen molar-refractivity contribution in [2.45, 2.75) is 104 Å². The molecule has 1 heterocycles. The Kier molecular flexibility index (Phi) is 16.0. The highest BCUT2D eigenvalue weighted by molar-refractivity contribution is 6.32. The normalized spacial score (nSPS) is 10.7. The van der Waals surface area contributed by atoms with E-state index in [1.54, 1.807) is 12.3 Å². The van der Waals surface area contributed by atoms with Gasteiger partial charge in [-0.3, -0.25) is 4.98 Å². The number of carboxylic acid groups (broad SMARTS) is 1. The molecule has 40 heavy (non-hydrogen) atoms. The first kappa shape index (κ1) is 33.3. The average molecular weight is 568 g/mol. The van der Waals surface area contributed by atoms with Crippen LogP contribution in [0.15, 0.2) is 48.7 Å². The maximum absolute atomic E-state index is 12.6. The first-order valence-electron chi connectivity index (χ1n) is 14.9. The number of fused-ring (bicyclic) bond motifs is 1. The van der Waals surface area contributed by atoms with E-state index in [4.69, 9.17) is 16.3 Å². The molecule has 0 saturated heterocycles. The van der Waals surface area contributed by atoms with Gasteiger partial charge < -0.3 is 9.84 Å².